The number of hydrogen-bond donors (Lipinski definition) is 0. The van der Waals surface area contributed by atoms with E-state index in [0.29, 0.717) is 28.2 Å². The van der Waals surface area contributed by atoms with E-state index >= 15 is 0 Å². The maximum atomic E-state index is 12.7. The number of amidine groups is 1. The van der Waals surface area contributed by atoms with Crippen LogP contribution >= 0.6 is 27.7 Å². The van der Waals surface area contributed by atoms with E-state index in [1.165, 1.54) is 11.8 Å². The Balaban J connectivity index is 1.60. The number of furan rings is 1. The van der Waals surface area contributed by atoms with Crippen LogP contribution in [0.1, 0.15) is 12.7 Å². The monoisotopic (exact) mass is 453 g/mol. The van der Waals surface area contributed by atoms with Crippen molar-refractivity contribution in [2.24, 2.45) is 4.99 Å². The van der Waals surface area contributed by atoms with Gasteiger partial charge in [0, 0.05) is 28.9 Å². The summed E-state index contributed by atoms with van der Waals surface area (Å²) in [4.78, 5) is 23.7. The van der Waals surface area contributed by atoms with E-state index in [9.17, 15) is 4.79 Å². The van der Waals surface area contributed by atoms with Gasteiger partial charge < -0.3 is 4.42 Å². The first-order valence-corrected chi connectivity index (χ1v) is 10.3. The number of pyridine rings is 1. The Hall–Kier alpha value is -2.64. The number of rotatable bonds is 4. The number of benzene rings is 1. The van der Waals surface area contributed by atoms with E-state index in [2.05, 4.69) is 25.9 Å². The fraction of sp³-hybridized carbons (Fsp3) is 0.0952. The van der Waals surface area contributed by atoms with Crippen LogP contribution in [0, 0.1) is 0 Å². The van der Waals surface area contributed by atoms with Crippen molar-refractivity contribution in [2.75, 3.05) is 6.54 Å². The molecule has 1 saturated heterocycles. The maximum Gasteiger partial charge on any atom is 0.266 e. The van der Waals surface area contributed by atoms with E-state index in [-0.39, 0.29) is 5.91 Å². The highest BCUT2D eigenvalue weighted by molar-refractivity contribution is 9.10. The second kappa shape index (κ2) is 8.16. The molecular weight excluding hydrogens is 438 g/mol. The Morgan fingerprint density at radius 3 is 2.71 bits per heavy atom. The zero-order chi connectivity index (χ0) is 19.5. The first kappa shape index (κ1) is 18.7. The second-order valence-electron chi connectivity index (χ2n) is 5.95. The molecule has 3 heterocycles. The molecule has 2 aromatic heterocycles. The summed E-state index contributed by atoms with van der Waals surface area (Å²) < 4.78 is 6.93. The standard InChI is InChI=1S/C21H16BrN3O2S/c1-2-25-20(26)18(28-21(25)24-19-5-3-4-12-23-19)13-16-10-11-17(27-16)14-6-8-15(22)9-7-14/h3-13H,2H2,1H3/b18-13+,24-21+. The molecule has 1 fully saturated rings. The number of nitrogens with zero attached hydrogens (tertiary/aromatic N) is 3. The third kappa shape index (κ3) is 3.95. The number of hydrogen-bond acceptors (Lipinski definition) is 5. The van der Waals surface area contributed by atoms with Crippen LogP contribution in [-0.4, -0.2) is 27.5 Å². The van der Waals surface area contributed by atoms with Gasteiger partial charge in [-0.15, -0.1) is 0 Å². The molecule has 0 atom stereocenters. The molecule has 1 aliphatic heterocycles. The van der Waals surface area contributed by atoms with Crippen molar-refractivity contribution in [2.45, 2.75) is 6.92 Å². The minimum atomic E-state index is -0.0798. The molecule has 0 N–H and O–H groups in total. The number of aromatic nitrogens is 1. The van der Waals surface area contributed by atoms with Gasteiger partial charge in [-0.2, -0.15) is 0 Å². The third-order valence-corrected chi connectivity index (χ3v) is 5.63. The lowest BCUT2D eigenvalue weighted by molar-refractivity contribution is -0.122. The fourth-order valence-corrected chi connectivity index (χ4v) is 4.01. The number of likely N-dealkylation sites (N-methyl/N-ethyl adjacent to an activating group) is 1. The predicted molar refractivity (Wildman–Crippen MR) is 116 cm³/mol. The minimum Gasteiger partial charge on any atom is -0.457 e. The molecule has 0 bridgehead atoms. The summed E-state index contributed by atoms with van der Waals surface area (Å²) in [6, 6.07) is 17.2. The van der Waals surface area contributed by atoms with Crippen molar-refractivity contribution in [3.63, 3.8) is 0 Å². The molecule has 0 saturated carbocycles. The van der Waals surface area contributed by atoms with Gasteiger partial charge in [-0.25, -0.2) is 9.98 Å². The highest BCUT2D eigenvalue weighted by Crippen LogP contribution is 2.34. The molecule has 7 heteroatoms. The molecular formula is C21H16BrN3O2S. The second-order valence-corrected chi connectivity index (χ2v) is 7.88. The maximum absolute atomic E-state index is 12.7. The van der Waals surface area contributed by atoms with Gasteiger partial charge in [0.15, 0.2) is 11.0 Å². The van der Waals surface area contributed by atoms with Gasteiger partial charge in [-0.05, 0) is 55.1 Å². The molecule has 0 spiro atoms. The van der Waals surface area contributed by atoms with Gasteiger partial charge in [0.25, 0.3) is 5.91 Å². The Labute approximate surface area is 175 Å². The lowest BCUT2D eigenvalue weighted by atomic mass is 10.2. The number of amides is 1. The molecule has 4 rings (SSSR count). The number of thioether (sulfide) groups is 1. The smallest absolute Gasteiger partial charge is 0.266 e. The summed E-state index contributed by atoms with van der Waals surface area (Å²) in [5, 5.41) is 0.622. The number of aliphatic imine (C=N–C) groups is 1. The van der Waals surface area contributed by atoms with Crippen molar-refractivity contribution in [3.8, 4) is 11.3 Å². The average molecular weight is 454 g/mol. The van der Waals surface area contributed by atoms with Crippen LogP contribution in [0.2, 0.25) is 0 Å². The first-order chi connectivity index (χ1) is 13.6. The molecule has 140 valence electrons. The highest BCUT2D eigenvalue weighted by atomic mass is 79.9. The summed E-state index contributed by atoms with van der Waals surface area (Å²) in [7, 11) is 0. The molecule has 1 aromatic carbocycles. The molecule has 0 aliphatic carbocycles. The quantitative estimate of drug-likeness (QED) is 0.473. The van der Waals surface area contributed by atoms with E-state index < -0.39 is 0 Å². The van der Waals surface area contributed by atoms with Crippen molar-refractivity contribution < 1.29 is 9.21 Å². The molecule has 28 heavy (non-hydrogen) atoms. The van der Waals surface area contributed by atoms with Crippen molar-refractivity contribution in [3.05, 3.63) is 75.9 Å². The first-order valence-electron chi connectivity index (χ1n) is 8.71. The van der Waals surface area contributed by atoms with E-state index in [1.54, 1.807) is 17.2 Å². The topological polar surface area (TPSA) is 58.7 Å². The van der Waals surface area contributed by atoms with Crippen LogP contribution in [0.5, 0.6) is 0 Å². The van der Waals surface area contributed by atoms with Gasteiger partial charge in [0.05, 0.1) is 4.91 Å². The number of carbonyl (C=O) groups is 1. The van der Waals surface area contributed by atoms with Crippen LogP contribution in [0.15, 0.2) is 79.6 Å². The van der Waals surface area contributed by atoms with Crippen LogP contribution < -0.4 is 0 Å². The summed E-state index contributed by atoms with van der Waals surface area (Å²) >= 11 is 4.76. The Morgan fingerprint density at radius 2 is 2.00 bits per heavy atom. The van der Waals surface area contributed by atoms with Crippen LogP contribution in [-0.2, 0) is 4.79 Å². The SMILES string of the molecule is CCN1C(=O)/C(=C\c2ccc(-c3ccc(Br)cc3)o2)S/C1=N/c1ccccn1. The largest absolute Gasteiger partial charge is 0.457 e. The molecule has 1 aliphatic rings. The van der Waals surface area contributed by atoms with E-state index in [1.807, 2.05) is 61.5 Å². The Bertz CT molecular complexity index is 1060. The third-order valence-electron chi connectivity index (χ3n) is 4.09. The predicted octanol–water partition coefficient (Wildman–Crippen LogP) is 5.73. The van der Waals surface area contributed by atoms with Crippen LogP contribution in [0.4, 0.5) is 5.82 Å². The Morgan fingerprint density at radius 1 is 1.18 bits per heavy atom. The van der Waals surface area contributed by atoms with Gasteiger partial charge in [-0.1, -0.05) is 34.1 Å². The molecule has 0 unspecified atom stereocenters. The zero-order valence-electron chi connectivity index (χ0n) is 15.0. The van der Waals surface area contributed by atoms with Gasteiger partial charge in [0.1, 0.15) is 11.5 Å². The zero-order valence-corrected chi connectivity index (χ0v) is 17.4. The fourth-order valence-electron chi connectivity index (χ4n) is 2.72. The van der Waals surface area contributed by atoms with Crippen molar-refractivity contribution >= 4 is 50.7 Å². The van der Waals surface area contributed by atoms with Crippen molar-refractivity contribution in [1.29, 1.82) is 0 Å². The lowest BCUT2D eigenvalue weighted by Crippen LogP contribution is -2.28. The summed E-state index contributed by atoms with van der Waals surface area (Å²) in [5.74, 6) is 1.88. The lowest BCUT2D eigenvalue weighted by Gasteiger charge is -2.11. The highest BCUT2D eigenvalue weighted by Gasteiger charge is 2.32. The average Bonchev–Trinajstić information content (AvgIpc) is 3.28. The molecule has 5 nitrogen and oxygen atoms in total. The Kier molecular flexibility index (Phi) is 5.45. The molecule has 3 aromatic rings. The van der Waals surface area contributed by atoms with Crippen LogP contribution in [0.3, 0.4) is 0 Å². The summed E-state index contributed by atoms with van der Waals surface area (Å²) in [6.07, 6.45) is 3.44. The summed E-state index contributed by atoms with van der Waals surface area (Å²) in [6.45, 7) is 2.46. The normalized spacial score (nSPS) is 17.1. The molecule has 0 radical (unpaired) electrons. The van der Waals surface area contributed by atoms with Crippen molar-refractivity contribution in [1.82, 2.24) is 9.88 Å². The molecule has 1 amide bonds. The summed E-state index contributed by atoms with van der Waals surface area (Å²) in [5.41, 5.74) is 0.978. The van der Waals surface area contributed by atoms with Gasteiger partial charge in [-0.3, -0.25) is 9.69 Å². The van der Waals surface area contributed by atoms with Crippen LogP contribution in [0.25, 0.3) is 17.4 Å². The van der Waals surface area contributed by atoms with Gasteiger partial charge >= 0.3 is 0 Å². The number of carbonyl (C=O) groups excluding carboxylic acids is 1. The van der Waals surface area contributed by atoms with E-state index in [0.717, 1.165) is 15.8 Å². The van der Waals surface area contributed by atoms with Gasteiger partial charge in [0.2, 0.25) is 0 Å². The minimum absolute atomic E-state index is 0.0798. The number of halogens is 1. The van der Waals surface area contributed by atoms with E-state index in [4.69, 9.17) is 4.42 Å².